The number of aryl methyl sites for hydroxylation is 1. The first-order valence-electron chi connectivity index (χ1n) is 7.58. The summed E-state index contributed by atoms with van der Waals surface area (Å²) in [5.74, 6) is 1.40. The molecule has 19 heavy (non-hydrogen) atoms. The van der Waals surface area contributed by atoms with Crippen LogP contribution < -0.4 is 4.74 Å². The lowest BCUT2D eigenvalue weighted by Crippen LogP contribution is -2.13. The Balaban J connectivity index is 1.80. The zero-order valence-electron chi connectivity index (χ0n) is 11.9. The number of hydrogen-bond donors (Lipinski definition) is 0. The summed E-state index contributed by atoms with van der Waals surface area (Å²) in [7, 11) is 0. The van der Waals surface area contributed by atoms with Gasteiger partial charge >= 0.3 is 5.97 Å². The van der Waals surface area contributed by atoms with Crippen molar-refractivity contribution in [1.82, 2.24) is 0 Å². The van der Waals surface area contributed by atoms with Gasteiger partial charge in [0.25, 0.3) is 0 Å². The Morgan fingerprint density at radius 2 is 1.95 bits per heavy atom. The van der Waals surface area contributed by atoms with E-state index >= 15 is 0 Å². The van der Waals surface area contributed by atoms with Gasteiger partial charge in [-0.15, -0.1) is 0 Å². The minimum absolute atomic E-state index is 0.0773. The largest absolute Gasteiger partial charge is 0.426 e. The van der Waals surface area contributed by atoms with E-state index in [9.17, 15) is 4.79 Å². The SMILES string of the molecule is CCc1ccccc1OC(=O)CCC1CCCCC1. The van der Waals surface area contributed by atoms with Crippen molar-refractivity contribution in [1.29, 1.82) is 0 Å². The van der Waals surface area contributed by atoms with Gasteiger partial charge in [0.05, 0.1) is 0 Å². The molecule has 1 aliphatic rings. The average Bonchev–Trinajstić information content (AvgIpc) is 2.47. The van der Waals surface area contributed by atoms with Crippen LogP contribution in [0.4, 0.5) is 0 Å². The van der Waals surface area contributed by atoms with Crippen molar-refractivity contribution in [2.24, 2.45) is 5.92 Å². The molecule has 2 heteroatoms. The van der Waals surface area contributed by atoms with Gasteiger partial charge in [0.1, 0.15) is 5.75 Å². The van der Waals surface area contributed by atoms with Crippen molar-refractivity contribution in [3.8, 4) is 5.75 Å². The van der Waals surface area contributed by atoms with Crippen molar-refractivity contribution in [3.05, 3.63) is 29.8 Å². The fourth-order valence-electron chi connectivity index (χ4n) is 2.87. The van der Waals surface area contributed by atoms with E-state index in [0.717, 1.165) is 30.1 Å². The third-order valence-electron chi connectivity index (χ3n) is 4.06. The van der Waals surface area contributed by atoms with E-state index in [-0.39, 0.29) is 5.97 Å². The quantitative estimate of drug-likeness (QED) is 0.575. The molecule has 0 saturated heterocycles. The zero-order chi connectivity index (χ0) is 13.5. The summed E-state index contributed by atoms with van der Waals surface area (Å²) < 4.78 is 5.49. The number of ether oxygens (including phenoxy) is 1. The van der Waals surface area contributed by atoms with Gasteiger partial charge < -0.3 is 4.74 Å². The highest BCUT2D eigenvalue weighted by molar-refractivity contribution is 5.72. The first-order chi connectivity index (χ1) is 9.29. The number of benzene rings is 1. The smallest absolute Gasteiger partial charge is 0.311 e. The molecular weight excluding hydrogens is 236 g/mol. The van der Waals surface area contributed by atoms with Crippen molar-refractivity contribution < 1.29 is 9.53 Å². The highest BCUT2D eigenvalue weighted by Gasteiger charge is 2.16. The highest BCUT2D eigenvalue weighted by Crippen LogP contribution is 2.27. The van der Waals surface area contributed by atoms with Gasteiger partial charge in [-0.05, 0) is 30.4 Å². The van der Waals surface area contributed by atoms with Crippen LogP contribution in [0.5, 0.6) is 5.75 Å². The molecule has 0 radical (unpaired) electrons. The Labute approximate surface area is 116 Å². The van der Waals surface area contributed by atoms with Gasteiger partial charge in [0.2, 0.25) is 0 Å². The third kappa shape index (κ3) is 4.38. The lowest BCUT2D eigenvalue weighted by molar-refractivity contribution is -0.134. The van der Waals surface area contributed by atoms with Crippen LogP contribution in [0.25, 0.3) is 0 Å². The normalized spacial score (nSPS) is 16.3. The van der Waals surface area contributed by atoms with Crippen molar-refractivity contribution in [2.75, 3.05) is 0 Å². The molecule has 1 aromatic rings. The summed E-state index contributed by atoms with van der Waals surface area (Å²) in [4.78, 5) is 11.9. The molecule has 0 aromatic heterocycles. The molecule has 0 unspecified atom stereocenters. The standard InChI is InChI=1S/C17H24O2/c1-2-15-10-6-7-11-16(15)19-17(18)13-12-14-8-4-3-5-9-14/h6-7,10-11,14H,2-5,8-9,12-13H2,1H3. The summed E-state index contributed by atoms with van der Waals surface area (Å²) in [5, 5.41) is 0. The molecule has 0 bridgehead atoms. The van der Waals surface area contributed by atoms with Gasteiger partial charge in [0.15, 0.2) is 0 Å². The van der Waals surface area contributed by atoms with Gasteiger partial charge in [-0.3, -0.25) is 4.79 Å². The van der Waals surface area contributed by atoms with E-state index in [1.54, 1.807) is 0 Å². The lowest BCUT2D eigenvalue weighted by Gasteiger charge is -2.20. The van der Waals surface area contributed by atoms with Crippen LogP contribution in [0, 0.1) is 5.92 Å². The van der Waals surface area contributed by atoms with Crippen LogP contribution in [0.2, 0.25) is 0 Å². The molecule has 2 nitrogen and oxygen atoms in total. The molecule has 0 aliphatic heterocycles. The molecule has 1 saturated carbocycles. The van der Waals surface area contributed by atoms with Crippen molar-refractivity contribution in [2.45, 2.75) is 58.3 Å². The predicted molar refractivity (Wildman–Crippen MR) is 77.3 cm³/mol. The summed E-state index contributed by atoms with van der Waals surface area (Å²) in [6.07, 6.45) is 9.06. The van der Waals surface area contributed by atoms with Crippen LogP contribution in [-0.2, 0) is 11.2 Å². The molecule has 2 rings (SSSR count). The molecule has 0 atom stereocenters. The molecule has 1 aliphatic carbocycles. The van der Waals surface area contributed by atoms with E-state index in [4.69, 9.17) is 4.74 Å². The maximum Gasteiger partial charge on any atom is 0.311 e. The van der Waals surface area contributed by atoms with Gasteiger partial charge in [-0.1, -0.05) is 57.2 Å². The van der Waals surface area contributed by atoms with Crippen LogP contribution in [0.1, 0.15) is 57.4 Å². The molecule has 0 N–H and O–H groups in total. The number of para-hydroxylation sites is 1. The fourth-order valence-corrected chi connectivity index (χ4v) is 2.87. The van der Waals surface area contributed by atoms with Crippen molar-refractivity contribution in [3.63, 3.8) is 0 Å². The van der Waals surface area contributed by atoms with Gasteiger partial charge in [0, 0.05) is 6.42 Å². The number of carbonyl (C=O) groups is 1. The van der Waals surface area contributed by atoms with Crippen LogP contribution in [0.15, 0.2) is 24.3 Å². The third-order valence-corrected chi connectivity index (χ3v) is 4.06. The second kappa shape index (κ2) is 7.32. The Morgan fingerprint density at radius 3 is 2.68 bits per heavy atom. The summed E-state index contributed by atoms with van der Waals surface area (Å²) in [6.45, 7) is 2.08. The Morgan fingerprint density at radius 1 is 1.21 bits per heavy atom. The molecule has 0 heterocycles. The summed E-state index contributed by atoms with van der Waals surface area (Å²) >= 11 is 0. The molecule has 1 fully saturated rings. The maximum atomic E-state index is 11.9. The fraction of sp³-hybridized carbons (Fsp3) is 0.588. The van der Waals surface area contributed by atoms with E-state index in [1.807, 2.05) is 24.3 Å². The van der Waals surface area contributed by atoms with Gasteiger partial charge in [-0.2, -0.15) is 0 Å². The first kappa shape index (κ1) is 14.1. The predicted octanol–water partition coefficient (Wildman–Crippen LogP) is 4.51. The van der Waals surface area contributed by atoms with Crippen molar-refractivity contribution >= 4 is 5.97 Å². The molecule has 104 valence electrons. The molecule has 0 amide bonds. The monoisotopic (exact) mass is 260 g/mol. The van der Waals surface area contributed by atoms with E-state index in [2.05, 4.69) is 6.92 Å². The molecular formula is C17H24O2. The Kier molecular flexibility index (Phi) is 5.44. The Hall–Kier alpha value is -1.31. The summed E-state index contributed by atoms with van der Waals surface area (Å²) in [5.41, 5.74) is 1.11. The number of hydrogen-bond acceptors (Lipinski definition) is 2. The van der Waals surface area contributed by atoms with Gasteiger partial charge in [-0.25, -0.2) is 0 Å². The van der Waals surface area contributed by atoms with Crippen LogP contribution in [0.3, 0.4) is 0 Å². The molecule has 1 aromatic carbocycles. The van der Waals surface area contributed by atoms with E-state index in [1.165, 1.54) is 32.1 Å². The van der Waals surface area contributed by atoms with Crippen LogP contribution >= 0.6 is 0 Å². The lowest BCUT2D eigenvalue weighted by atomic mass is 9.86. The van der Waals surface area contributed by atoms with E-state index < -0.39 is 0 Å². The topological polar surface area (TPSA) is 26.3 Å². The Bertz CT molecular complexity index is 405. The second-order valence-corrected chi connectivity index (χ2v) is 5.48. The molecule has 0 spiro atoms. The average molecular weight is 260 g/mol. The minimum atomic E-state index is -0.0773. The summed E-state index contributed by atoms with van der Waals surface area (Å²) in [6, 6.07) is 7.81. The van der Waals surface area contributed by atoms with E-state index in [0.29, 0.717) is 6.42 Å². The number of carbonyl (C=O) groups excluding carboxylic acids is 1. The highest BCUT2D eigenvalue weighted by atomic mass is 16.5. The minimum Gasteiger partial charge on any atom is -0.426 e. The first-order valence-corrected chi connectivity index (χ1v) is 7.58. The van der Waals surface area contributed by atoms with Crippen LogP contribution in [-0.4, -0.2) is 5.97 Å². The zero-order valence-corrected chi connectivity index (χ0v) is 11.9. The number of rotatable bonds is 5. The maximum absolute atomic E-state index is 11.9. The second-order valence-electron chi connectivity index (χ2n) is 5.48. The number of esters is 1.